The third-order valence-electron chi connectivity index (χ3n) is 3.76. The highest BCUT2D eigenvalue weighted by molar-refractivity contribution is 6.31. The normalized spacial score (nSPS) is 14.8. The maximum absolute atomic E-state index is 13.7. The van der Waals surface area contributed by atoms with Crippen molar-refractivity contribution >= 4 is 23.0 Å². The smallest absolute Gasteiger partial charge is 0.144 e. The highest BCUT2D eigenvalue weighted by Crippen LogP contribution is 2.32. The Hall–Kier alpha value is -1.74. The second-order valence-electron chi connectivity index (χ2n) is 5.12. The molecule has 0 aliphatic carbocycles. The van der Waals surface area contributed by atoms with E-state index in [0.29, 0.717) is 5.69 Å². The van der Waals surface area contributed by atoms with Gasteiger partial charge < -0.3 is 10.6 Å². The van der Waals surface area contributed by atoms with Gasteiger partial charge in [0.25, 0.3) is 0 Å². The third kappa shape index (κ3) is 2.46. The summed E-state index contributed by atoms with van der Waals surface area (Å²) in [6.45, 7) is 1.61. The van der Waals surface area contributed by atoms with Gasteiger partial charge in [0.1, 0.15) is 5.82 Å². The molecule has 2 N–H and O–H groups in total. The molecule has 2 nitrogen and oxygen atoms in total. The molecule has 0 bridgehead atoms. The Morgan fingerprint density at radius 1 is 1.15 bits per heavy atom. The summed E-state index contributed by atoms with van der Waals surface area (Å²) in [6, 6.07) is 11.3. The highest BCUT2D eigenvalue weighted by Gasteiger charge is 2.17. The van der Waals surface area contributed by atoms with Gasteiger partial charge in [-0.15, -0.1) is 0 Å². The summed E-state index contributed by atoms with van der Waals surface area (Å²) < 4.78 is 13.7. The molecular weight excluding hydrogens is 275 g/mol. The summed E-state index contributed by atoms with van der Waals surface area (Å²) in [5, 5.41) is 0.0708. The number of aryl methyl sites for hydroxylation is 1. The Balaban J connectivity index is 1.97. The molecule has 104 valence electrons. The van der Waals surface area contributed by atoms with Crippen LogP contribution in [-0.2, 0) is 13.0 Å². The first kappa shape index (κ1) is 13.3. The predicted octanol–water partition coefficient (Wildman–Crippen LogP) is 4.01. The van der Waals surface area contributed by atoms with Gasteiger partial charge in [-0.3, -0.25) is 0 Å². The molecule has 0 spiro atoms. The zero-order valence-corrected chi connectivity index (χ0v) is 11.8. The SMILES string of the molecule is Nc1cc(Cl)c(F)cc1N1CCCc2ccccc2C1. The molecule has 20 heavy (non-hydrogen) atoms. The van der Waals surface area contributed by atoms with Crippen LogP contribution in [0.3, 0.4) is 0 Å². The Morgan fingerprint density at radius 3 is 2.70 bits per heavy atom. The van der Waals surface area contributed by atoms with E-state index >= 15 is 0 Å². The van der Waals surface area contributed by atoms with Crippen molar-refractivity contribution in [1.82, 2.24) is 0 Å². The van der Waals surface area contributed by atoms with Crippen molar-refractivity contribution in [3.8, 4) is 0 Å². The lowest BCUT2D eigenvalue weighted by Crippen LogP contribution is -2.23. The standard InChI is InChI=1S/C16H16ClFN2/c17-13-8-15(19)16(9-14(13)18)20-7-3-6-11-4-1-2-5-12(11)10-20/h1-2,4-5,8-9H,3,6-7,10,19H2. The highest BCUT2D eigenvalue weighted by atomic mass is 35.5. The van der Waals surface area contributed by atoms with E-state index in [1.807, 2.05) is 6.07 Å². The molecule has 0 fully saturated rings. The fraction of sp³-hybridized carbons (Fsp3) is 0.250. The largest absolute Gasteiger partial charge is 0.397 e. The Kier molecular flexibility index (Phi) is 3.53. The quantitative estimate of drug-likeness (QED) is 0.804. The van der Waals surface area contributed by atoms with Crippen molar-refractivity contribution in [3.63, 3.8) is 0 Å². The van der Waals surface area contributed by atoms with E-state index in [0.717, 1.165) is 31.6 Å². The summed E-state index contributed by atoms with van der Waals surface area (Å²) in [5.74, 6) is -0.423. The van der Waals surface area contributed by atoms with Gasteiger partial charge in [0, 0.05) is 19.2 Å². The molecule has 0 unspecified atom stereocenters. The average Bonchev–Trinajstić information content (AvgIpc) is 2.65. The minimum atomic E-state index is -0.423. The molecule has 3 rings (SSSR count). The van der Waals surface area contributed by atoms with E-state index < -0.39 is 5.82 Å². The van der Waals surface area contributed by atoms with Gasteiger partial charge in [-0.2, -0.15) is 0 Å². The maximum Gasteiger partial charge on any atom is 0.144 e. The van der Waals surface area contributed by atoms with Gasteiger partial charge in [0.05, 0.1) is 16.4 Å². The molecule has 1 aliphatic rings. The minimum absolute atomic E-state index is 0.0708. The monoisotopic (exact) mass is 290 g/mol. The Morgan fingerprint density at radius 2 is 1.90 bits per heavy atom. The number of nitrogens with zero attached hydrogens (tertiary/aromatic N) is 1. The third-order valence-corrected chi connectivity index (χ3v) is 4.05. The zero-order chi connectivity index (χ0) is 14.1. The van der Waals surface area contributed by atoms with Crippen LogP contribution in [-0.4, -0.2) is 6.54 Å². The van der Waals surface area contributed by atoms with Gasteiger partial charge >= 0.3 is 0 Å². The van der Waals surface area contributed by atoms with Crippen LogP contribution in [0.25, 0.3) is 0 Å². The van der Waals surface area contributed by atoms with Gasteiger partial charge in [-0.1, -0.05) is 35.9 Å². The molecule has 1 heterocycles. The number of rotatable bonds is 1. The first-order valence-corrected chi connectivity index (χ1v) is 7.09. The van der Waals surface area contributed by atoms with Crippen LogP contribution in [0.1, 0.15) is 17.5 Å². The van der Waals surface area contributed by atoms with E-state index in [9.17, 15) is 4.39 Å². The van der Waals surface area contributed by atoms with E-state index in [-0.39, 0.29) is 5.02 Å². The van der Waals surface area contributed by atoms with Crippen LogP contribution in [0, 0.1) is 5.82 Å². The van der Waals surface area contributed by atoms with Gasteiger partial charge in [-0.05, 0) is 30.0 Å². The molecular formula is C16H16ClFN2. The molecule has 0 radical (unpaired) electrons. The lowest BCUT2D eigenvalue weighted by atomic mass is 10.0. The number of nitrogens with two attached hydrogens (primary N) is 1. The van der Waals surface area contributed by atoms with E-state index in [4.69, 9.17) is 17.3 Å². The minimum Gasteiger partial charge on any atom is -0.397 e. The predicted molar refractivity (Wildman–Crippen MR) is 81.6 cm³/mol. The number of hydrogen-bond donors (Lipinski definition) is 1. The van der Waals surface area contributed by atoms with Crippen LogP contribution in [0.15, 0.2) is 36.4 Å². The number of hydrogen-bond acceptors (Lipinski definition) is 2. The van der Waals surface area contributed by atoms with Gasteiger partial charge in [0.15, 0.2) is 0 Å². The van der Waals surface area contributed by atoms with Crippen LogP contribution < -0.4 is 10.6 Å². The van der Waals surface area contributed by atoms with Crippen molar-refractivity contribution in [2.75, 3.05) is 17.2 Å². The number of fused-ring (bicyclic) bond motifs is 1. The Labute approximate surface area is 123 Å². The maximum atomic E-state index is 13.7. The molecule has 0 saturated heterocycles. The molecule has 1 aliphatic heterocycles. The van der Waals surface area contributed by atoms with Gasteiger partial charge in [-0.25, -0.2) is 4.39 Å². The number of halogens is 2. The second kappa shape index (κ2) is 5.33. The molecule has 0 amide bonds. The van der Waals surface area contributed by atoms with Crippen LogP contribution in [0.4, 0.5) is 15.8 Å². The molecule has 2 aromatic carbocycles. The van der Waals surface area contributed by atoms with Crippen molar-refractivity contribution in [1.29, 1.82) is 0 Å². The number of nitrogen functional groups attached to an aromatic ring is 1. The second-order valence-corrected chi connectivity index (χ2v) is 5.53. The first-order chi connectivity index (χ1) is 9.65. The summed E-state index contributed by atoms with van der Waals surface area (Å²) in [6.07, 6.45) is 2.07. The molecule has 0 aromatic heterocycles. The summed E-state index contributed by atoms with van der Waals surface area (Å²) in [4.78, 5) is 2.13. The van der Waals surface area contributed by atoms with E-state index in [1.165, 1.54) is 23.3 Å². The van der Waals surface area contributed by atoms with Gasteiger partial charge in [0.2, 0.25) is 0 Å². The first-order valence-electron chi connectivity index (χ1n) is 6.71. The summed E-state index contributed by atoms with van der Waals surface area (Å²) >= 11 is 5.76. The summed E-state index contributed by atoms with van der Waals surface area (Å²) in [5.41, 5.74) is 9.89. The fourth-order valence-electron chi connectivity index (χ4n) is 2.73. The molecule has 0 saturated carbocycles. The van der Waals surface area contributed by atoms with Crippen LogP contribution >= 0.6 is 11.6 Å². The van der Waals surface area contributed by atoms with Crippen molar-refractivity contribution in [2.24, 2.45) is 0 Å². The molecule has 4 heteroatoms. The van der Waals surface area contributed by atoms with E-state index in [1.54, 1.807) is 0 Å². The van der Waals surface area contributed by atoms with Crippen LogP contribution in [0.5, 0.6) is 0 Å². The zero-order valence-electron chi connectivity index (χ0n) is 11.1. The van der Waals surface area contributed by atoms with Crippen LogP contribution in [0.2, 0.25) is 5.02 Å². The lowest BCUT2D eigenvalue weighted by molar-refractivity contribution is 0.626. The number of anilines is 2. The van der Waals surface area contributed by atoms with Crippen molar-refractivity contribution < 1.29 is 4.39 Å². The number of benzene rings is 2. The fourth-order valence-corrected chi connectivity index (χ4v) is 2.90. The van der Waals surface area contributed by atoms with Crippen molar-refractivity contribution in [2.45, 2.75) is 19.4 Å². The Bertz CT molecular complexity index is 642. The van der Waals surface area contributed by atoms with Crippen molar-refractivity contribution in [3.05, 3.63) is 58.4 Å². The summed E-state index contributed by atoms with van der Waals surface area (Å²) in [7, 11) is 0. The lowest BCUT2D eigenvalue weighted by Gasteiger charge is -2.25. The topological polar surface area (TPSA) is 29.3 Å². The molecule has 0 atom stereocenters. The average molecular weight is 291 g/mol. The van der Waals surface area contributed by atoms with E-state index in [2.05, 4.69) is 23.1 Å². The molecule has 2 aromatic rings.